The molecule has 1 aromatic heterocycles. The number of rotatable bonds is 10. The molecule has 32 heavy (non-hydrogen) atoms. The SMILES string of the molecule is Fc1cccc(CN(CCCCNc2ccnc3cc(Cl)ccc23)Cc2ccccc2)c1. The van der Waals surface area contributed by atoms with Crippen molar-refractivity contribution in [2.24, 2.45) is 0 Å². The Kier molecular flexibility index (Phi) is 7.70. The zero-order chi connectivity index (χ0) is 22.2. The molecule has 0 amide bonds. The van der Waals surface area contributed by atoms with Gasteiger partial charge in [0.2, 0.25) is 0 Å². The Morgan fingerprint density at radius 2 is 1.66 bits per heavy atom. The molecule has 5 heteroatoms. The Balaban J connectivity index is 1.33. The summed E-state index contributed by atoms with van der Waals surface area (Å²) in [6.45, 7) is 3.40. The number of halogens is 2. The normalized spacial score (nSPS) is 11.2. The summed E-state index contributed by atoms with van der Waals surface area (Å²) in [5.41, 5.74) is 4.24. The van der Waals surface area contributed by atoms with Crippen LogP contribution in [0.3, 0.4) is 0 Å². The van der Waals surface area contributed by atoms with Crippen molar-refractivity contribution >= 4 is 28.2 Å². The lowest BCUT2D eigenvalue weighted by Crippen LogP contribution is -2.24. The van der Waals surface area contributed by atoms with Crippen LogP contribution in [0, 0.1) is 5.82 Å². The Hall–Kier alpha value is -2.95. The van der Waals surface area contributed by atoms with Crippen LogP contribution in [0.1, 0.15) is 24.0 Å². The maximum atomic E-state index is 13.7. The van der Waals surface area contributed by atoms with Crippen molar-refractivity contribution in [3.63, 3.8) is 0 Å². The molecule has 0 fully saturated rings. The second-order valence-electron chi connectivity index (χ2n) is 7.98. The molecule has 3 aromatic carbocycles. The van der Waals surface area contributed by atoms with E-state index in [1.54, 1.807) is 12.1 Å². The van der Waals surface area contributed by atoms with Gasteiger partial charge >= 0.3 is 0 Å². The number of aromatic nitrogens is 1. The Labute approximate surface area is 193 Å². The molecule has 0 unspecified atom stereocenters. The molecule has 4 rings (SSSR count). The number of anilines is 1. The summed E-state index contributed by atoms with van der Waals surface area (Å²) >= 11 is 6.09. The van der Waals surface area contributed by atoms with Crippen LogP contribution in [0.25, 0.3) is 10.9 Å². The molecule has 0 saturated carbocycles. The predicted molar refractivity (Wildman–Crippen MR) is 131 cm³/mol. The minimum absolute atomic E-state index is 0.183. The largest absolute Gasteiger partial charge is 0.384 e. The lowest BCUT2D eigenvalue weighted by molar-refractivity contribution is 0.252. The lowest BCUT2D eigenvalue weighted by Gasteiger charge is -2.23. The molecule has 164 valence electrons. The Morgan fingerprint density at radius 1 is 0.844 bits per heavy atom. The van der Waals surface area contributed by atoms with Crippen LogP contribution in [0.2, 0.25) is 5.02 Å². The van der Waals surface area contributed by atoms with Gasteiger partial charge in [0.1, 0.15) is 5.82 Å². The van der Waals surface area contributed by atoms with Gasteiger partial charge in [-0.15, -0.1) is 0 Å². The van der Waals surface area contributed by atoms with Gasteiger partial charge < -0.3 is 5.32 Å². The summed E-state index contributed by atoms with van der Waals surface area (Å²) in [5, 5.41) is 5.31. The monoisotopic (exact) mass is 447 g/mol. The zero-order valence-electron chi connectivity index (χ0n) is 18.0. The Bertz CT molecular complexity index is 1150. The van der Waals surface area contributed by atoms with Crippen molar-refractivity contribution in [1.82, 2.24) is 9.88 Å². The average molecular weight is 448 g/mol. The fourth-order valence-corrected chi connectivity index (χ4v) is 4.07. The standard InChI is InChI=1S/C27H27ClFN3/c28-23-11-12-25-26(13-15-31-27(25)18-23)30-14-4-5-16-32(19-21-7-2-1-3-8-21)20-22-9-6-10-24(29)17-22/h1-3,6-13,15,17-18H,4-5,14,16,19-20H2,(H,30,31). The van der Waals surface area contributed by atoms with Gasteiger partial charge in [-0.1, -0.05) is 54.1 Å². The summed E-state index contributed by atoms with van der Waals surface area (Å²) < 4.78 is 13.7. The minimum Gasteiger partial charge on any atom is -0.384 e. The van der Waals surface area contributed by atoms with E-state index in [1.807, 2.05) is 42.6 Å². The third-order valence-corrected chi connectivity index (χ3v) is 5.70. The van der Waals surface area contributed by atoms with E-state index in [9.17, 15) is 4.39 Å². The van der Waals surface area contributed by atoms with Crippen LogP contribution >= 0.6 is 11.6 Å². The van der Waals surface area contributed by atoms with Crippen molar-refractivity contribution in [2.45, 2.75) is 25.9 Å². The van der Waals surface area contributed by atoms with E-state index in [0.29, 0.717) is 5.02 Å². The van der Waals surface area contributed by atoms with Crippen molar-refractivity contribution in [3.05, 3.63) is 107 Å². The van der Waals surface area contributed by atoms with Crippen LogP contribution in [-0.4, -0.2) is 23.0 Å². The van der Waals surface area contributed by atoms with Gasteiger partial charge in [-0.3, -0.25) is 9.88 Å². The highest BCUT2D eigenvalue weighted by Crippen LogP contribution is 2.24. The zero-order valence-corrected chi connectivity index (χ0v) is 18.7. The van der Waals surface area contributed by atoms with Gasteiger partial charge in [0, 0.05) is 41.9 Å². The van der Waals surface area contributed by atoms with Crippen molar-refractivity contribution in [2.75, 3.05) is 18.4 Å². The van der Waals surface area contributed by atoms with E-state index in [4.69, 9.17) is 11.6 Å². The van der Waals surface area contributed by atoms with Crippen LogP contribution in [-0.2, 0) is 13.1 Å². The number of hydrogen-bond acceptors (Lipinski definition) is 3. The summed E-state index contributed by atoms with van der Waals surface area (Å²) in [4.78, 5) is 6.78. The molecule has 0 spiro atoms. The lowest BCUT2D eigenvalue weighted by atomic mass is 10.1. The van der Waals surface area contributed by atoms with E-state index < -0.39 is 0 Å². The van der Waals surface area contributed by atoms with Crippen molar-refractivity contribution < 1.29 is 4.39 Å². The van der Waals surface area contributed by atoms with E-state index >= 15 is 0 Å². The number of hydrogen-bond donors (Lipinski definition) is 1. The molecular weight excluding hydrogens is 421 g/mol. The highest BCUT2D eigenvalue weighted by atomic mass is 35.5. The number of nitrogens with one attached hydrogen (secondary N) is 1. The number of pyridine rings is 1. The van der Waals surface area contributed by atoms with Gasteiger partial charge in [-0.25, -0.2) is 4.39 Å². The molecule has 0 bridgehead atoms. The molecule has 1 N–H and O–H groups in total. The van der Waals surface area contributed by atoms with Crippen molar-refractivity contribution in [3.8, 4) is 0 Å². The Morgan fingerprint density at radius 3 is 2.50 bits per heavy atom. The van der Waals surface area contributed by atoms with Crippen LogP contribution in [0.15, 0.2) is 85.1 Å². The first-order valence-corrected chi connectivity index (χ1v) is 11.3. The van der Waals surface area contributed by atoms with Gasteiger partial charge in [-0.2, -0.15) is 0 Å². The first kappa shape index (κ1) is 22.3. The fourth-order valence-electron chi connectivity index (χ4n) is 3.91. The van der Waals surface area contributed by atoms with Crippen LogP contribution < -0.4 is 5.32 Å². The molecule has 4 aromatic rings. The molecule has 0 aliphatic carbocycles. The number of benzene rings is 3. The molecule has 0 saturated heterocycles. The molecule has 3 nitrogen and oxygen atoms in total. The third-order valence-electron chi connectivity index (χ3n) is 5.47. The molecule has 0 aliphatic rings. The summed E-state index contributed by atoms with van der Waals surface area (Å²) in [6.07, 6.45) is 3.89. The second kappa shape index (κ2) is 11.1. The quantitative estimate of drug-likeness (QED) is 0.267. The van der Waals surface area contributed by atoms with E-state index in [1.165, 1.54) is 11.6 Å². The van der Waals surface area contributed by atoms with Gasteiger partial charge in [0.15, 0.2) is 0 Å². The molecule has 0 atom stereocenters. The third kappa shape index (κ3) is 6.28. The summed E-state index contributed by atoms with van der Waals surface area (Å²) in [6, 6.07) is 25.1. The molecule has 0 radical (unpaired) electrons. The number of nitrogens with zero attached hydrogens (tertiary/aromatic N) is 2. The minimum atomic E-state index is -0.183. The fraction of sp³-hybridized carbons (Fsp3) is 0.222. The molecular formula is C27H27ClFN3. The first-order valence-electron chi connectivity index (χ1n) is 11.0. The highest BCUT2D eigenvalue weighted by molar-refractivity contribution is 6.31. The molecule has 1 heterocycles. The van der Waals surface area contributed by atoms with E-state index in [-0.39, 0.29) is 5.82 Å². The summed E-state index contributed by atoms with van der Waals surface area (Å²) in [5.74, 6) is -0.183. The maximum Gasteiger partial charge on any atom is 0.123 e. The number of fused-ring (bicyclic) bond motifs is 1. The maximum absolute atomic E-state index is 13.7. The van der Waals surface area contributed by atoms with Crippen LogP contribution in [0.4, 0.5) is 10.1 Å². The van der Waals surface area contributed by atoms with Gasteiger partial charge in [0.25, 0.3) is 0 Å². The summed E-state index contributed by atoms with van der Waals surface area (Å²) in [7, 11) is 0. The van der Waals surface area contributed by atoms with E-state index in [2.05, 4.69) is 39.5 Å². The topological polar surface area (TPSA) is 28.2 Å². The van der Waals surface area contributed by atoms with Crippen molar-refractivity contribution in [1.29, 1.82) is 0 Å². The smallest absolute Gasteiger partial charge is 0.123 e. The van der Waals surface area contributed by atoms with Gasteiger partial charge in [0.05, 0.1) is 5.52 Å². The second-order valence-corrected chi connectivity index (χ2v) is 8.42. The average Bonchev–Trinajstić information content (AvgIpc) is 2.79. The van der Waals surface area contributed by atoms with Gasteiger partial charge in [-0.05, 0) is 66.9 Å². The van der Waals surface area contributed by atoms with Crippen LogP contribution in [0.5, 0.6) is 0 Å². The van der Waals surface area contributed by atoms with E-state index in [0.717, 1.165) is 61.2 Å². The molecule has 0 aliphatic heterocycles. The first-order chi connectivity index (χ1) is 15.7. The number of unbranched alkanes of at least 4 members (excludes halogenated alkanes) is 1. The highest BCUT2D eigenvalue weighted by Gasteiger charge is 2.08. The predicted octanol–water partition coefficient (Wildman–Crippen LogP) is 6.92.